The highest BCUT2D eigenvalue weighted by Crippen LogP contribution is 2.80. The Kier molecular flexibility index (Phi) is 9.27. The molecular weight excluding hydrogens is 877 g/mol. The van der Waals surface area contributed by atoms with E-state index in [1.54, 1.807) is 0 Å². The molecule has 0 saturated carbocycles. The van der Waals surface area contributed by atoms with Gasteiger partial charge in [0.05, 0.1) is 22.7 Å². The van der Waals surface area contributed by atoms with Crippen LogP contribution in [0.15, 0.2) is 268 Å². The predicted octanol–water partition coefficient (Wildman–Crippen LogP) is 19.8. The molecule has 0 unspecified atom stereocenters. The molecular formula is C68H50N2S. The van der Waals surface area contributed by atoms with Crippen LogP contribution in [0.2, 0.25) is 0 Å². The lowest BCUT2D eigenvalue weighted by Crippen LogP contribution is -2.17. The second-order valence-corrected chi connectivity index (χ2v) is 23.1. The van der Waals surface area contributed by atoms with Gasteiger partial charge in [-0.25, -0.2) is 0 Å². The van der Waals surface area contributed by atoms with Gasteiger partial charge in [-0.05, 0) is 116 Å². The summed E-state index contributed by atoms with van der Waals surface area (Å²) in [4.78, 5) is 10.5. The second kappa shape index (κ2) is 15.8. The van der Waals surface area contributed by atoms with Crippen LogP contribution >= 0.6 is 10.0 Å². The van der Waals surface area contributed by atoms with Crippen molar-refractivity contribution in [1.82, 2.24) is 0 Å². The maximum Gasteiger partial charge on any atom is 0.0561 e. The van der Waals surface area contributed by atoms with Crippen molar-refractivity contribution < 1.29 is 0 Å². The van der Waals surface area contributed by atoms with Gasteiger partial charge in [0.25, 0.3) is 0 Å². The van der Waals surface area contributed by atoms with Gasteiger partial charge in [0.2, 0.25) is 0 Å². The van der Waals surface area contributed by atoms with Crippen molar-refractivity contribution in [3.63, 3.8) is 0 Å². The van der Waals surface area contributed by atoms with Crippen LogP contribution in [0.25, 0.3) is 65.7 Å². The Morgan fingerprint density at radius 2 is 0.746 bits per heavy atom. The number of para-hydroxylation sites is 2. The average molecular weight is 927 g/mol. The first-order valence-corrected chi connectivity index (χ1v) is 26.4. The minimum atomic E-state index is -2.06. The van der Waals surface area contributed by atoms with Crippen molar-refractivity contribution in [3.8, 4) is 33.4 Å². The monoisotopic (exact) mass is 926 g/mol. The molecule has 2 aliphatic rings. The lowest BCUT2D eigenvalue weighted by molar-refractivity contribution is 0.591. The van der Waals surface area contributed by atoms with Crippen LogP contribution in [0.5, 0.6) is 0 Å². The first-order chi connectivity index (χ1) is 34.9. The SMILES string of the molecule is CC(C)(C)c1cc2ccc3c4cc(c5ccc(c1)c2c35)N(c1ccccc1-c1ccccc1)c1cccc(c1)S1(c2cccc(c2)N4c2ccccc2-c2ccccc2)c2ccccc2-c2ccccc21. The van der Waals surface area contributed by atoms with E-state index in [4.69, 9.17) is 0 Å². The zero-order valence-electron chi connectivity index (χ0n) is 40.0. The molecule has 338 valence electrons. The fourth-order valence-electron chi connectivity index (χ4n) is 11.9. The average Bonchev–Trinajstić information content (AvgIpc) is 3.73. The molecule has 6 bridgehead atoms. The maximum atomic E-state index is 2.58. The van der Waals surface area contributed by atoms with Gasteiger partial charge in [-0.15, -0.1) is 10.0 Å². The highest BCUT2D eigenvalue weighted by molar-refractivity contribution is 8.34. The molecule has 0 atom stereocenters. The molecule has 2 heterocycles. The van der Waals surface area contributed by atoms with E-state index in [1.807, 2.05) is 0 Å². The third kappa shape index (κ3) is 6.22. The Bertz CT molecular complexity index is 3810. The van der Waals surface area contributed by atoms with Gasteiger partial charge in [-0.3, -0.25) is 0 Å². The Hall–Kier alpha value is -8.37. The molecule has 12 aromatic rings. The standard InChI is InChI=1S/C68H50N2S/c1-68(2,3)49-40-47-36-38-58-62-44-63(59-39-37-48(41-49)66(47)67(58)59)70(61-33-15-11-29-55(61)46-22-8-5-9-23-46)51-25-19-27-53(43-51)71(64-34-16-12-30-56(64)57-31-13-17-35-65(57)71)52-26-18-24-50(42-52)69(62)60-32-14-10-28-54(60)45-20-6-4-7-21-45/h4-44H,1-3H3. The molecule has 3 heteroatoms. The molecule has 2 nitrogen and oxygen atoms in total. The number of hydrogen-bond acceptors (Lipinski definition) is 2. The summed E-state index contributed by atoms with van der Waals surface area (Å²) in [7, 11) is -2.06. The van der Waals surface area contributed by atoms with Crippen LogP contribution in [-0.2, 0) is 5.41 Å². The zero-order valence-corrected chi connectivity index (χ0v) is 40.8. The quantitative estimate of drug-likeness (QED) is 0.162. The van der Waals surface area contributed by atoms with E-state index in [1.165, 1.54) is 90.8 Å². The zero-order chi connectivity index (χ0) is 47.4. The summed E-state index contributed by atoms with van der Waals surface area (Å²) in [5.74, 6) is 0. The van der Waals surface area contributed by atoms with Gasteiger partial charge in [0, 0.05) is 58.2 Å². The number of hydrogen-bond donors (Lipinski definition) is 0. The highest BCUT2D eigenvalue weighted by atomic mass is 32.3. The molecule has 0 aliphatic carbocycles. The number of nitrogens with zero attached hydrogens (tertiary/aromatic N) is 2. The van der Waals surface area contributed by atoms with Crippen LogP contribution in [-0.4, -0.2) is 0 Å². The maximum absolute atomic E-state index is 2.58. The van der Waals surface area contributed by atoms with Gasteiger partial charge < -0.3 is 9.80 Å². The Labute approximate surface area is 417 Å². The van der Waals surface area contributed by atoms with E-state index in [2.05, 4.69) is 279 Å². The normalized spacial score (nSPS) is 14.1. The van der Waals surface area contributed by atoms with Crippen molar-refractivity contribution in [3.05, 3.63) is 254 Å². The lowest BCUT2D eigenvalue weighted by atomic mass is 9.83. The van der Waals surface area contributed by atoms with Crippen LogP contribution < -0.4 is 9.80 Å². The summed E-state index contributed by atoms with van der Waals surface area (Å²) < 4.78 is 0. The van der Waals surface area contributed by atoms with Gasteiger partial charge >= 0.3 is 0 Å². The van der Waals surface area contributed by atoms with Crippen LogP contribution in [0.4, 0.5) is 34.1 Å². The molecule has 12 aromatic carbocycles. The topological polar surface area (TPSA) is 6.48 Å². The van der Waals surface area contributed by atoms with Crippen molar-refractivity contribution in [2.24, 2.45) is 0 Å². The van der Waals surface area contributed by atoms with E-state index in [-0.39, 0.29) is 5.41 Å². The van der Waals surface area contributed by atoms with E-state index in [0.29, 0.717) is 0 Å². The van der Waals surface area contributed by atoms with E-state index in [0.717, 1.165) is 34.1 Å². The third-order valence-electron chi connectivity index (χ3n) is 15.1. The molecule has 0 N–H and O–H groups in total. The minimum Gasteiger partial charge on any atom is -0.309 e. The third-order valence-corrected chi connectivity index (χ3v) is 19.0. The van der Waals surface area contributed by atoms with E-state index < -0.39 is 10.0 Å². The Balaban J connectivity index is 1.20. The number of rotatable bonds is 4. The highest BCUT2D eigenvalue weighted by Gasteiger charge is 2.43. The molecule has 0 aromatic heterocycles. The second-order valence-electron chi connectivity index (χ2n) is 20.1. The summed E-state index contributed by atoms with van der Waals surface area (Å²) in [6, 6.07) is 94.3. The summed E-state index contributed by atoms with van der Waals surface area (Å²) in [5.41, 5.74) is 15.3. The van der Waals surface area contributed by atoms with Crippen molar-refractivity contribution >= 4 is 76.5 Å². The summed E-state index contributed by atoms with van der Waals surface area (Å²) >= 11 is 0. The predicted molar refractivity (Wildman–Crippen MR) is 302 cm³/mol. The van der Waals surface area contributed by atoms with Crippen LogP contribution in [0.1, 0.15) is 26.3 Å². The van der Waals surface area contributed by atoms with Crippen molar-refractivity contribution in [2.75, 3.05) is 9.80 Å². The summed E-state index contributed by atoms with van der Waals surface area (Å²) in [5, 5.41) is 7.49. The number of benzene rings is 12. The minimum absolute atomic E-state index is 0.0137. The lowest BCUT2D eigenvalue weighted by Gasteiger charge is -2.41. The van der Waals surface area contributed by atoms with Crippen molar-refractivity contribution in [1.29, 1.82) is 0 Å². The Morgan fingerprint density at radius 3 is 1.21 bits per heavy atom. The number of fused-ring (bicyclic) bond motifs is 15. The molecule has 1 spiro atoms. The van der Waals surface area contributed by atoms with Gasteiger partial charge in [0.1, 0.15) is 0 Å². The van der Waals surface area contributed by atoms with Crippen molar-refractivity contribution in [2.45, 2.75) is 45.8 Å². The largest absolute Gasteiger partial charge is 0.309 e. The molecule has 14 rings (SSSR count). The first kappa shape index (κ1) is 41.6. The van der Waals surface area contributed by atoms with Gasteiger partial charge in [0.15, 0.2) is 0 Å². The smallest absolute Gasteiger partial charge is 0.0561 e. The van der Waals surface area contributed by atoms with E-state index >= 15 is 0 Å². The molecule has 0 fully saturated rings. The summed E-state index contributed by atoms with van der Waals surface area (Å²) in [6.45, 7) is 6.96. The number of anilines is 6. The Morgan fingerprint density at radius 1 is 0.324 bits per heavy atom. The molecule has 0 saturated heterocycles. The fourth-order valence-corrected chi connectivity index (χ4v) is 16.1. The molecule has 0 radical (unpaired) electrons. The van der Waals surface area contributed by atoms with Crippen LogP contribution in [0, 0.1) is 0 Å². The molecule has 0 amide bonds. The molecule has 2 aliphatic heterocycles. The van der Waals surface area contributed by atoms with Crippen LogP contribution in [0.3, 0.4) is 0 Å². The molecule has 71 heavy (non-hydrogen) atoms. The summed E-state index contributed by atoms with van der Waals surface area (Å²) in [6.07, 6.45) is 0. The van der Waals surface area contributed by atoms with E-state index in [9.17, 15) is 0 Å². The van der Waals surface area contributed by atoms with Gasteiger partial charge in [-0.1, -0.05) is 203 Å². The fraction of sp³-hybridized carbons (Fsp3) is 0.0588. The first-order valence-electron chi connectivity index (χ1n) is 24.7. The van der Waals surface area contributed by atoms with Gasteiger partial charge in [-0.2, -0.15) is 0 Å².